The molecule has 0 amide bonds. The molecule has 0 spiro atoms. The van der Waals surface area contributed by atoms with Crippen LogP contribution in [0.1, 0.15) is 0 Å². The number of nitrogens with zero attached hydrogens (tertiary/aromatic N) is 5. The Balaban J connectivity index is 1.22. The van der Waals surface area contributed by atoms with Gasteiger partial charge in [0, 0.05) is 38.1 Å². The summed E-state index contributed by atoms with van der Waals surface area (Å²) < 4.78 is 4.69. The van der Waals surface area contributed by atoms with E-state index >= 15 is 0 Å². The first-order valence-corrected chi connectivity index (χ1v) is 19.0. The minimum Gasteiger partial charge on any atom is -0.309 e. The second kappa shape index (κ2) is 11.9. The van der Waals surface area contributed by atoms with Crippen LogP contribution in [0.4, 0.5) is 0 Å². The van der Waals surface area contributed by atoms with Crippen LogP contribution in [0.5, 0.6) is 0 Å². The fraction of sp³-hybridized carbons (Fsp3) is 0. The van der Waals surface area contributed by atoms with Gasteiger partial charge in [-0.15, -0.1) is 0 Å². The fourth-order valence-electron chi connectivity index (χ4n) is 8.93. The summed E-state index contributed by atoms with van der Waals surface area (Å²) in [6.45, 7) is 0. The summed E-state index contributed by atoms with van der Waals surface area (Å²) in [7, 11) is 0. The molecular formula is C51H31N5. The summed E-state index contributed by atoms with van der Waals surface area (Å²) in [6, 6.07) is 66.8. The molecule has 0 saturated heterocycles. The molecule has 12 aromatic rings. The lowest BCUT2D eigenvalue weighted by Gasteiger charge is -2.16. The normalized spacial score (nSPS) is 11.9. The van der Waals surface area contributed by atoms with Gasteiger partial charge in [-0.2, -0.15) is 9.97 Å². The van der Waals surface area contributed by atoms with Gasteiger partial charge in [0.05, 0.1) is 27.8 Å². The molecule has 5 nitrogen and oxygen atoms in total. The van der Waals surface area contributed by atoms with Crippen LogP contribution in [-0.2, 0) is 0 Å². The van der Waals surface area contributed by atoms with Crippen LogP contribution in [0.15, 0.2) is 188 Å². The Bertz CT molecular complexity index is 3420. The molecule has 0 aliphatic heterocycles. The van der Waals surface area contributed by atoms with Crippen LogP contribution in [0.25, 0.3) is 110 Å². The Kier molecular flexibility index (Phi) is 6.56. The van der Waals surface area contributed by atoms with Gasteiger partial charge in [-0.1, -0.05) is 158 Å². The minimum atomic E-state index is 0.577. The molecule has 56 heavy (non-hydrogen) atoms. The molecule has 0 N–H and O–H groups in total. The van der Waals surface area contributed by atoms with E-state index in [-0.39, 0.29) is 0 Å². The van der Waals surface area contributed by atoms with Gasteiger partial charge in [-0.05, 0) is 57.3 Å². The Labute approximate surface area is 321 Å². The van der Waals surface area contributed by atoms with Crippen molar-refractivity contribution in [3.63, 3.8) is 0 Å². The lowest BCUT2D eigenvalue weighted by molar-refractivity contribution is 0.953. The van der Waals surface area contributed by atoms with E-state index in [4.69, 9.17) is 15.0 Å². The first-order chi connectivity index (χ1) is 27.8. The molecule has 12 rings (SSSR count). The largest absolute Gasteiger partial charge is 0.309 e. The summed E-state index contributed by atoms with van der Waals surface area (Å²) in [5.74, 6) is 1.84. The molecule has 0 bridgehead atoms. The molecule has 9 aromatic carbocycles. The highest BCUT2D eigenvalue weighted by Crippen LogP contribution is 2.43. The Hall–Kier alpha value is -7.63. The van der Waals surface area contributed by atoms with Crippen molar-refractivity contribution in [2.75, 3.05) is 0 Å². The molecule has 3 aromatic heterocycles. The monoisotopic (exact) mass is 713 g/mol. The van der Waals surface area contributed by atoms with Crippen molar-refractivity contribution in [3.8, 4) is 34.4 Å². The zero-order chi connectivity index (χ0) is 36.7. The minimum absolute atomic E-state index is 0.577. The molecule has 0 aliphatic carbocycles. The van der Waals surface area contributed by atoms with Gasteiger partial charge < -0.3 is 4.57 Å². The summed E-state index contributed by atoms with van der Waals surface area (Å²) in [6.07, 6.45) is 0. The molecule has 5 heteroatoms. The third kappa shape index (κ3) is 4.46. The average molecular weight is 714 g/mol. The zero-order valence-corrected chi connectivity index (χ0v) is 30.1. The molecule has 3 heterocycles. The van der Waals surface area contributed by atoms with Crippen molar-refractivity contribution < 1.29 is 0 Å². The van der Waals surface area contributed by atoms with E-state index in [2.05, 4.69) is 161 Å². The van der Waals surface area contributed by atoms with E-state index in [1.54, 1.807) is 0 Å². The third-order valence-corrected chi connectivity index (χ3v) is 11.3. The van der Waals surface area contributed by atoms with Gasteiger partial charge in [0.25, 0.3) is 0 Å². The number of benzene rings is 9. The molecule has 0 saturated carbocycles. The van der Waals surface area contributed by atoms with Gasteiger partial charge in [-0.25, -0.2) is 4.98 Å². The summed E-state index contributed by atoms with van der Waals surface area (Å²) >= 11 is 0. The van der Waals surface area contributed by atoms with Gasteiger partial charge in [0.15, 0.2) is 11.6 Å². The van der Waals surface area contributed by atoms with E-state index in [1.807, 2.05) is 36.4 Å². The SMILES string of the molecule is c1ccc(-c2nc(-c3ccccc3)nc(-n3c4ccccc4c4cc5c6ccccc6n(-c6cccc7c8ccccc8c8ccccc8c67)c5cc43)n2)cc1. The zero-order valence-electron chi connectivity index (χ0n) is 30.1. The van der Waals surface area contributed by atoms with E-state index in [0.717, 1.165) is 49.7 Å². The van der Waals surface area contributed by atoms with Crippen molar-refractivity contribution in [1.29, 1.82) is 0 Å². The van der Waals surface area contributed by atoms with E-state index in [0.29, 0.717) is 17.6 Å². The topological polar surface area (TPSA) is 48.5 Å². The van der Waals surface area contributed by atoms with Crippen LogP contribution >= 0.6 is 0 Å². The smallest absolute Gasteiger partial charge is 0.238 e. The van der Waals surface area contributed by atoms with Crippen LogP contribution in [0, 0.1) is 0 Å². The van der Waals surface area contributed by atoms with Crippen molar-refractivity contribution in [2.45, 2.75) is 0 Å². The highest BCUT2D eigenvalue weighted by Gasteiger charge is 2.22. The van der Waals surface area contributed by atoms with Gasteiger partial charge in [0.2, 0.25) is 5.95 Å². The predicted molar refractivity (Wildman–Crippen MR) is 232 cm³/mol. The van der Waals surface area contributed by atoms with Crippen molar-refractivity contribution in [1.82, 2.24) is 24.1 Å². The second-order valence-corrected chi connectivity index (χ2v) is 14.4. The molecule has 0 radical (unpaired) electrons. The maximum absolute atomic E-state index is 5.21. The van der Waals surface area contributed by atoms with Crippen LogP contribution in [0.2, 0.25) is 0 Å². The molecule has 0 unspecified atom stereocenters. The van der Waals surface area contributed by atoms with Gasteiger partial charge >= 0.3 is 0 Å². The van der Waals surface area contributed by atoms with E-state index in [9.17, 15) is 0 Å². The number of fused-ring (bicyclic) bond motifs is 12. The van der Waals surface area contributed by atoms with Crippen LogP contribution < -0.4 is 0 Å². The van der Waals surface area contributed by atoms with Crippen molar-refractivity contribution >= 4 is 75.9 Å². The standard InChI is InChI=1S/C51H31N5/c1-3-16-32(17-4-1)49-52-50(33-18-5-2-6-19-33)54-51(53-49)56-44-28-14-12-24-38(44)42-30-41-37-23-11-13-27-43(37)55(46(41)31-47(42)56)45-29-15-26-40-36-21-8-7-20-34(36)35-22-9-10-25-39(35)48(40)45/h1-31H. The predicted octanol–water partition coefficient (Wildman–Crippen LogP) is 12.9. The molecule has 0 fully saturated rings. The van der Waals surface area contributed by atoms with E-state index in [1.165, 1.54) is 43.1 Å². The fourth-order valence-corrected chi connectivity index (χ4v) is 8.93. The number of aromatic nitrogens is 5. The number of hydrogen-bond donors (Lipinski definition) is 0. The first kappa shape index (κ1) is 30.8. The highest BCUT2D eigenvalue weighted by atomic mass is 15.2. The first-order valence-electron chi connectivity index (χ1n) is 19.0. The Morgan fingerprint density at radius 1 is 0.286 bits per heavy atom. The lowest BCUT2D eigenvalue weighted by Crippen LogP contribution is -2.06. The highest BCUT2D eigenvalue weighted by molar-refractivity contribution is 6.28. The van der Waals surface area contributed by atoms with Crippen LogP contribution in [-0.4, -0.2) is 24.1 Å². The van der Waals surface area contributed by atoms with E-state index < -0.39 is 0 Å². The Morgan fingerprint density at radius 3 is 1.29 bits per heavy atom. The van der Waals surface area contributed by atoms with Crippen LogP contribution in [0.3, 0.4) is 0 Å². The lowest BCUT2D eigenvalue weighted by atomic mass is 9.93. The third-order valence-electron chi connectivity index (χ3n) is 11.3. The second-order valence-electron chi connectivity index (χ2n) is 14.4. The Morgan fingerprint density at radius 2 is 0.714 bits per heavy atom. The van der Waals surface area contributed by atoms with Gasteiger partial charge in [0.1, 0.15) is 0 Å². The summed E-state index contributed by atoms with van der Waals surface area (Å²) in [5.41, 5.74) is 7.37. The van der Waals surface area contributed by atoms with Gasteiger partial charge in [-0.3, -0.25) is 4.57 Å². The average Bonchev–Trinajstić information content (AvgIpc) is 3.77. The molecule has 260 valence electrons. The number of rotatable bonds is 4. The quantitative estimate of drug-likeness (QED) is 0.171. The molecule has 0 aliphatic rings. The van der Waals surface area contributed by atoms with Crippen molar-refractivity contribution in [2.24, 2.45) is 0 Å². The summed E-state index contributed by atoms with van der Waals surface area (Å²) in [4.78, 5) is 15.4. The number of para-hydroxylation sites is 2. The number of hydrogen-bond acceptors (Lipinski definition) is 3. The summed E-state index contributed by atoms with van der Waals surface area (Å²) in [5, 5.41) is 12.2. The maximum Gasteiger partial charge on any atom is 0.238 e. The molecule has 0 atom stereocenters. The molecular weight excluding hydrogens is 683 g/mol. The van der Waals surface area contributed by atoms with Crippen molar-refractivity contribution in [3.05, 3.63) is 188 Å². The maximum atomic E-state index is 5.21.